The highest BCUT2D eigenvalue weighted by atomic mass is 16.1. The Morgan fingerprint density at radius 2 is 1.90 bits per heavy atom. The fraction of sp³-hybridized carbons (Fsp3) is 0.360. The van der Waals surface area contributed by atoms with E-state index in [9.17, 15) is 4.79 Å². The number of fused-ring (bicyclic) bond motifs is 2. The average molecular weight is 388 g/mol. The molecule has 1 aliphatic heterocycles. The summed E-state index contributed by atoms with van der Waals surface area (Å²) in [6, 6.07) is 16.2. The molecule has 0 bridgehead atoms. The summed E-state index contributed by atoms with van der Waals surface area (Å²) in [6.07, 6.45) is 4.35. The number of nitrogens with zero attached hydrogens (tertiary/aromatic N) is 2. The maximum absolute atomic E-state index is 13.4. The maximum Gasteiger partial charge on any atom is 0.256 e. The molecular weight excluding hydrogens is 358 g/mol. The van der Waals surface area contributed by atoms with E-state index in [0.717, 1.165) is 65.9 Å². The number of pyridine rings is 1. The Kier molecular flexibility index (Phi) is 5.91. The topological polar surface area (TPSA) is 45.2 Å². The summed E-state index contributed by atoms with van der Waals surface area (Å²) in [7, 11) is 0. The molecule has 0 atom stereocenters. The van der Waals surface area contributed by atoms with Gasteiger partial charge in [0.2, 0.25) is 0 Å². The molecule has 1 amide bonds. The predicted molar refractivity (Wildman–Crippen MR) is 119 cm³/mol. The van der Waals surface area contributed by atoms with Crippen molar-refractivity contribution in [3.8, 4) is 0 Å². The third-order valence-corrected chi connectivity index (χ3v) is 5.83. The lowest BCUT2D eigenvalue weighted by molar-refractivity contribution is 0.102. The van der Waals surface area contributed by atoms with Gasteiger partial charge in [0, 0.05) is 41.8 Å². The minimum absolute atomic E-state index is 0.0425. The molecule has 4 heteroatoms. The Balaban J connectivity index is 1.68. The Morgan fingerprint density at radius 3 is 2.66 bits per heavy atom. The van der Waals surface area contributed by atoms with Crippen LogP contribution in [0.5, 0.6) is 0 Å². The van der Waals surface area contributed by atoms with E-state index in [1.807, 2.05) is 36.4 Å². The smallest absolute Gasteiger partial charge is 0.256 e. The number of benzene rings is 2. The van der Waals surface area contributed by atoms with Gasteiger partial charge in [-0.3, -0.25) is 14.7 Å². The number of anilines is 1. The zero-order chi connectivity index (χ0) is 20.2. The van der Waals surface area contributed by atoms with E-state index in [2.05, 4.69) is 36.2 Å². The first-order valence-electron chi connectivity index (χ1n) is 10.7. The van der Waals surface area contributed by atoms with Crippen LogP contribution in [0.3, 0.4) is 0 Å². The Bertz CT molecular complexity index is 1010. The van der Waals surface area contributed by atoms with E-state index >= 15 is 0 Å². The molecular formula is C25H29N3O. The molecule has 150 valence electrons. The highest BCUT2D eigenvalue weighted by Crippen LogP contribution is 2.29. The molecule has 29 heavy (non-hydrogen) atoms. The molecule has 0 radical (unpaired) electrons. The van der Waals surface area contributed by atoms with Gasteiger partial charge in [-0.2, -0.15) is 0 Å². The number of unbranched alkanes of at least 4 members (excludes halogenated alkanes) is 1. The summed E-state index contributed by atoms with van der Waals surface area (Å²) in [6.45, 7) is 7.12. The first kappa shape index (κ1) is 19.6. The van der Waals surface area contributed by atoms with Gasteiger partial charge < -0.3 is 5.32 Å². The van der Waals surface area contributed by atoms with E-state index in [4.69, 9.17) is 4.98 Å². The summed E-state index contributed by atoms with van der Waals surface area (Å²) in [5, 5.41) is 4.06. The second-order valence-electron chi connectivity index (χ2n) is 7.80. The van der Waals surface area contributed by atoms with Gasteiger partial charge in [0.25, 0.3) is 5.91 Å². The molecule has 0 spiro atoms. The molecule has 0 saturated heterocycles. The van der Waals surface area contributed by atoms with E-state index in [1.54, 1.807) is 0 Å². The molecule has 1 N–H and O–H groups in total. The van der Waals surface area contributed by atoms with Crippen LogP contribution in [0.4, 0.5) is 5.69 Å². The average Bonchev–Trinajstić information content (AvgIpc) is 2.76. The summed E-state index contributed by atoms with van der Waals surface area (Å²) < 4.78 is 0. The van der Waals surface area contributed by atoms with Crippen molar-refractivity contribution in [2.45, 2.75) is 46.1 Å². The Hall–Kier alpha value is -2.72. The molecule has 4 rings (SSSR count). The first-order valence-corrected chi connectivity index (χ1v) is 10.7. The Labute approximate surface area is 173 Å². The van der Waals surface area contributed by atoms with Crippen molar-refractivity contribution in [2.75, 3.05) is 18.4 Å². The number of para-hydroxylation sites is 1. The number of carbonyl (C=O) groups is 1. The van der Waals surface area contributed by atoms with Gasteiger partial charge in [0.15, 0.2) is 0 Å². The number of aromatic nitrogens is 1. The number of likely N-dealkylation sites (N-methyl/N-ethyl adjacent to an activating group) is 1. The van der Waals surface area contributed by atoms with Crippen LogP contribution in [0.25, 0.3) is 10.9 Å². The van der Waals surface area contributed by atoms with Crippen molar-refractivity contribution in [3.63, 3.8) is 0 Å². The SMILES string of the molecule is CCCCc1ccc(NC(=O)c2c3c(nc4ccccc24)CCN(CC)C3)cc1. The number of amides is 1. The lowest BCUT2D eigenvalue weighted by Crippen LogP contribution is -2.33. The molecule has 1 aromatic heterocycles. The number of rotatable bonds is 6. The molecule has 3 aromatic rings. The van der Waals surface area contributed by atoms with E-state index < -0.39 is 0 Å². The van der Waals surface area contributed by atoms with Crippen LogP contribution in [0.15, 0.2) is 48.5 Å². The number of hydrogen-bond donors (Lipinski definition) is 1. The number of hydrogen-bond acceptors (Lipinski definition) is 3. The predicted octanol–water partition coefficient (Wildman–Crippen LogP) is 5.21. The fourth-order valence-corrected chi connectivity index (χ4v) is 4.10. The largest absolute Gasteiger partial charge is 0.322 e. The third kappa shape index (κ3) is 4.18. The lowest BCUT2D eigenvalue weighted by atomic mass is 9.95. The van der Waals surface area contributed by atoms with Crippen molar-refractivity contribution >= 4 is 22.5 Å². The molecule has 0 aliphatic carbocycles. The van der Waals surface area contributed by atoms with E-state index in [-0.39, 0.29) is 5.91 Å². The maximum atomic E-state index is 13.4. The number of aryl methyl sites for hydroxylation is 1. The van der Waals surface area contributed by atoms with Crippen LogP contribution in [-0.4, -0.2) is 28.9 Å². The molecule has 2 heterocycles. The van der Waals surface area contributed by atoms with Crippen molar-refractivity contribution < 1.29 is 4.79 Å². The molecule has 0 fully saturated rings. The quantitative estimate of drug-likeness (QED) is 0.632. The second-order valence-corrected chi connectivity index (χ2v) is 7.80. The van der Waals surface area contributed by atoms with Crippen LogP contribution in [-0.2, 0) is 19.4 Å². The van der Waals surface area contributed by atoms with Crippen molar-refractivity contribution in [1.29, 1.82) is 0 Å². The summed E-state index contributed by atoms with van der Waals surface area (Å²) in [4.78, 5) is 20.6. The molecule has 2 aromatic carbocycles. The number of nitrogens with one attached hydrogen (secondary N) is 1. The van der Waals surface area contributed by atoms with Gasteiger partial charge in [-0.15, -0.1) is 0 Å². The summed E-state index contributed by atoms with van der Waals surface area (Å²) in [5.41, 5.74) is 5.97. The monoisotopic (exact) mass is 387 g/mol. The van der Waals surface area contributed by atoms with Gasteiger partial charge in [0.1, 0.15) is 0 Å². The molecule has 1 aliphatic rings. The van der Waals surface area contributed by atoms with Gasteiger partial charge in [0.05, 0.1) is 11.1 Å². The second kappa shape index (κ2) is 8.75. The highest BCUT2D eigenvalue weighted by Gasteiger charge is 2.25. The highest BCUT2D eigenvalue weighted by molar-refractivity contribution is 6.13. The van der Waals surface area contributed by atoms with Crippen molar-refractivity contribution in [1.82, 2.24) is 9.88 Å². The first-order chi connectivity index (χ1) is 14.2. The standard InChI is InChI=1S/C25H29N3O/c1-3-5-8-18-11-13-19(14-12-18)26-25(29)24-20-9-6-7-10-22(20)27-23-15-16-28(4-2)17-21(23)24/h6-7,9-14H,3-5,8,15-17H2,1-2H3,(H,26,29). The fourth-order valence-electron chi connectivity index (χ4n) is 4.10. The minimum Gasteiger partial charge on any atom is -0.322 e. The lowest BCUT2D eigenvalue weighted by Gasteiger charge is -2.29. The minimum atomic E-state index is -0.0425. The van der Waals surface area contributed by atoms with Crippen LogP contribution in [0, 0.1) is 0 Å². The number of carbonyl (C=O) groups excluding carboxylic acids is 1. The zero-order valence-electron chi connectivity index (χ0n) is 17.4. The molecule has 4 nitrogen and oxygen atoms in total. The van der Waals surface area contributed by atoms with Gasteiger partial charge in [-0.25, -0.2) is 0 Å². The van der Waals surface area contributed by atoms with E-state index in [0.29, 0.717) is 0 Å². The van der Waals surface area contributed by atoms with E-state index in [1.165, 1.54) is 18.4 Å². The summed E-state index contributed by atoms with van der Waals surface area (Å²) >= 11 is 0. The third-order valence-electron chi connectivity index (χ3n) is 5.83. The van der Waals surface area contributed by atoms with Crippen LogP contribution in [0.1, 0.15) is 53.9 Å². The van der Waals surface area contributed by atoms with Crippen LogP contribution < -0.4 is 5.32 Å². The van der Waals surface area contributed by atoms with Crippen molar-refractivity contribution in [3.05, 3.63) is 70.9 Å². The van der Waals surface area contributed by atoms with Crippen LogP contribution in [0.2, 0.25) is 0 Å². The molecule has 0 unspecified atom stereocenters. The Morgan fingerprint density at radius 1 is 1.10 bits per heavy atom. The van der Waals surface area contributed by atoms with Gasteiger partial charge in [-0.1, -0.05) is 50.6 Å². The molecule has 0 saturated carbocycles. The summed E-state index contributed by atoms with van der Waals surface area (Å²) in [5.74, 6) is -0.0425. The van der Waals surface area contributed by atoms with Crippen LogP contribution >= 0.6 is 0 Å². The zero-order valence-corrected chi connectivity index (χ0v) is 17.4. The normalized spacial score (nSPS) is 14.0. The van der Waals surface area contributed by atoms with Gasteiger partial charge in [-0.05, 0) is 43.1 Å². The van der Waals surface area contributed by atoms with Crippen molar-refractivity contribution in [2.24, 2.45) is 0 Å². The van der Waals surface area contributed by atoms with Gasteiger partial charge >= 0.3 is 0 Å².